The highest BCUT2D eigenvalue weighted by atomic mass is 79.9. The van der Waals surface area contributed by atoms with Crippen LogP contribution in [0.2, 0.25) is 0 Å². The second-order valence-electron chi connectivity index (χ2n) is 27.0. The largest absolute Gasteiger partial charge is 0.384 e. The van der Waals surface area contributed by atoms with Gasteiger partial charge in [-0.1, -0.05) is 20.8 Å². The summed E-state index contributed by atoms with van der Waals surface area (Å²) in [6, 6.07) is 19.6. The van der Waals surface area contributed by atoms with Crippen molar-refractivity contribution in [1.29, 1.82) is 0 Å². The van der Waals surface area contributed by atoms with Gasteiger partial charge in [0.25, 0.3) is 40.3 Å². The quantitative estimate of drug-likeness (QED) is 0.115. The number of fused-ring (bicyclic) bond motifs is 3. The number of halogens is 3. The normalized spacial score (nSPS) is 19.9. The van der Waals surface area contributed by atoms with E-state index in [1.807, 2.05) is 73.3 Å². The fraction of sp³-hybridized carbons (Fsp3) is 0.411. The maximum atomic E-state index is 13.9. The summed E-state index contributed by atoms with van der Waals surface area (Å²) >= 11 is 9.76. The number of carbonyl (C=O) groups is 4. The fourth-order valence-corrected chi connectivity index (χ4v) is 15.3. The Morgan fingerprint density at radius 2 is 1.02 bits per heavy atom. The molecule has 8 aromatic rings. The van der Waals surface area contributed by atoms with E-state index in [0.717, 1.165) is 50.7 Å². The summed E-state index contributed by atoms with van der Waals surface area (Å²) in [6.45, 7) is 23.0. The van der Waals surface area contributed by atoms with Crippen LogP contribution in [0.5, 0.6) is 0 Å². The molecule has 4 N–H and O–H groups in total. The number of nitrogen functional groups attached to an aromatic ring is 1. The molecule has 3 saturated heterocycles. The molecule has 101 heavy (non-hydrogen) atoms. The minimum absolute atomic E-state index is 0.0131. The number of rotatable bonds is 10. The van der Waals surface area contributed by atoms with Crippen LogP contribution in [0, 0.1) is 5.41 Å². The number of aromatic nitrogens is 8. The van der Waals surface area contributed by atoms with E-state index in [4.69, 9.17) is 24.9 Å². The monoisotopic (exact) mass is 1570 g/mol. The maximum Gasteiger partial charge on any atom is 0.276 e. The van der Waals surface area contributed by atoms with E-state index in [0.29, 0.717) is 108 Å². The maximum absolute atomic E-state index is 13.9. The predicted molar refractivity (Wildman–Crippen MR) is 399 cm³/mol. The molecule has 5 aliphatic rings. The Balaban J connectivity index is 0.000000172. The van der Waals surface area contributed by atoms with Crippen LogP contribution in [0.3, 0.4) is 0 Å². The topological polar surface area (TPSA) is 282 Å². The zero-order valence-corrected chi connectivity index (χ0v) is 63.6. The first kappa shape index (κ1) is 75.0. The van der Waals surface area contributed by atoms with Gasteiger partial charge in [-0.3, -0.25) is 38.5 Å². The molecular formula is C73H86Br3N15O10. The van der Waals surface area contributed by atoms with Crippen molar-refractivity contribution in [3.05, 3.63) is 194 Å². The summed E-state index contributed by atoms with van der Waals surface area (Å²) in [5, 5.41) is 6.17. The van der Waals surface area contributed by atoms with E-state index in [1.165, 1.54) is 37.4 Å². The van der Waals surface area contributed by atoms with E-state index < -0.39 is 0 Å². The molecule has 534 valence electrons. The van der Waals surface area contributed by atoms with Crippen molar-refractivity contribution in [2.75, 3.05) is 67.5 Å². The fourth-order valence-electron chi connectivity index (χ4n) is 13.4. The summed E-state index contributed by atoms with van der Waals surface area (Å²) in [4.78, 5) is 113. The Labute approximate surface area is 611 Å². The molecule has 4 aliphatic heterocycles. The molecule has 0 saturated carbocycles. The van der Waals surface area contributed by atoms with Crippen molar-refractivity contribution >= 4 is 106 Å². The van der Waals surface area contributed by atoms with Crippen molar-refractivity contribution in [1.82, 2.24) is 52.9 Å². The Bertz CT molecular complexity index is 4500. The molecule has 0 bridgehead atoms. The zero-order valence-electron chi connectivity index (χ0n) is 58.8. The molecule has 1 aliphatic carbocycles. The van der Waals surface area contributed by atoms with Crippen LogP contribution in [-0.4, -0.2) is 159 Å². The van der Waals surface area contributed by atoms with E-state index in [-0.39, 0.29) is 82.0 Å². The average molecular weight is 1570 g/mol. The first-order valence-electron chi connectivity index (χ1n) is 33.5. The minimum atomic E-state index is -0.216. The van der Waals surface area contributed by atoms with Gasteiger partial charge in [0.15, 0.2) is 0 Å². The second kappa shape index (κ2) is 32.1. The summed E-state index contributed by atoms with van der Waals surface area (Å²) in [5.41, 5.74) is 13.6. The van der Waals surface area contributed by atoms with E-state index in [9.17, 15) is 33.6 Å². The van der Waals surface area contributed by atoms with Crippen LogP contribution >= 0.6 is 47.8 Å². The van der Waals surface area contributed by atoms with E-state index >= 15 is 0 Å². The molecule has 0 radical (unpaired) electrons. The Kier molecular flexibility index (Phi) is 23.8. The summed E-state index contributed by atoms with van der Waals surface area (Å²) < 4.78 is 25.4. The third-order valence-corrected chi connectivity index (χ3v) is 19.7. The number of morpholine rings is 3. The molecule has 4 amide bonds. The molecular weight excluding hydrogens is 1490 g/mol. The molecule has 25 nitrogen and oxygen atoms in total. The first-order valence-corrected chi connectivity index (χ1v) is 35.9. The molecule has 6 atom stereocenters. The van der Waals surface area contributed by atoms with Gasteiger partial charge in [-0.2, -0.15) is 0 Å². The van der Waals surface area contributed by atoms with Crippen LogP contribution in [0.4, 0.5) is 34.6 Å². The van der Waals surface area contributed by atoms with Crippen molar-refractivity contribution in [2.45, 2.75) is 124 Å². The lowest BCUT2D eigenvalue weighted by Gasteiger charge is -2.38. The number of nitrogens with two attached hydrogens (primary N) is 1. The molecule has 3 fully saturated rings. The molecule has 12 heterocycles. The molecule has 0 unspecified atom stereocenters. The van der Waals surface area contributed by atoms with Gasteiger partial charge in [0.1, 0.15) is 40.3 Å². The minimum Gasteiger partial charge on any atom is -0.384 e. The lowest BCUT2D eigenvalue weighted by Crippen LogP contribution is -2.52. The summed E-state index contributed by atoms with van der Waals surface area (Å²) in [7, 11) is 5.10. The van der Waals surface area contributed by atoms with Gasteiger partial charge in [-0.15, -0.1) is 0 Å². The van der Waals surface area contributed by atoms with Crippen LogP contribution in [-0.2, 0) is 61.2 Å². The number of pyridine rings is 7. The number of aryl methyl sites for hydroxylation is 3. The van der Waals surface area contributed by atoms with Crippen LogP contribution in [0.25, 0.3) is 11.1 Å². The SMILES string of the molecule is CCc1c(-c2cc(Nc3ccc(C(=O)N4[C@H](C)COC[C@@H]4C)cn3)c(=O)n(C)c2)ccnc1N1CCn2c(cc3c2CC(C)(C)C3)C1=O.C[C@@H]1COC[C@H](C)N1C(=O)c1ccc(N)nc1.C[C@@H]1COC[C@H](C)N1C(=O)c1ccc(Nc2cc(Br)cn(C)c2=O)nc1.Cn1cc(Br)cc(Br)c1=O. The van der Waals surface area contributed by atoms with Crippen LogP contribution < -0.4 is 37.9 Å². The standard InChI is InChI=1S/C37H43N7O4.C18H21BrN4O3.C12H17N3O2.C6H5Br2NO/c1-7-27-28(10-11-38-33(27)43-13-12-42-30(36(43)47)15-25-16-37(4,5)17-31(25)42)26-14-29(35(46)41(6)19-26)40-32-9-8-24(18-39-32)34(45)44-22(2)20-48-21-23(44)3;1-11-9-26-10-12(2)23(11)17(24)13-4-5-16(20-7-13)21-15-6-14(19)8-22(3)18(15)25;1-8-6-17-7-9(2)15(8)12(16)10-3-4-11(13)14-5-10;1-9-3-4(7)2-5(8)6(9)10/h8-11,14-15,18-19,22-23H,7,12-13,16-17,20-21H2,1-6H3,(H,39,40);4-8,11-12H,9-10H2,1-3H3,(H,20,21);3-5,8-9H,6-7H2,1-2H3,(H2,13,14);2-3H,1H3/t22-,23+;11-,12+;8-,9+;. The van der Waals surface area contributed by atoms with Gasteiger partial charge >= 0.3 is 0 Å². The number of nitrogens with zero attached hydrogens (tertiary/aromatic N) is 12. The highest BCUT2D eigenvalue weighted by Gasteiger charge is 2.39. The van der Waals surface area contributed by atoms with Crippen molar-refractivity contribution in [3.63, 3.8) is 0 Å². The number of hydrogen-bond acceptors (Lipinski definition) is 17. The van der Waals surface area contributed by atoms with E-state index in [2.05, 4.69) is 105 Å². The van der Waals surface area contributed by atoms with Gasteiger partial charge in [-0.25, -0.2) is 19.9 Å². The van der Waals surface area contributed by atoms with Crippen molar-refractivity contribution in [2.24, 2.45) is 26.6 Å². The number of anilines is 6. The number of nitrogens with one attached hydrogen (secondary N) is 2. The number of carbonyl (C=O) groups excluding carboxylic acids is 4. The Morgan fingerprint density at radius 1 is 0.564 bits per heavy atom. The van der Waals surface area contributed by atoms with Crippen LogP contribution in [0.15, 0.2) is 138 Å². The first-order chi connectivity index (χ1) is 48.0. The third-order valence-electron chi connectivity index (χ3n) is 18.3. The number of amides is 4. The van der Waals surface area contributed by atoms with Gasteiger partial charge in [0.2, 0.25) is 0 Å². The zero-order chi connectivity index (χ0) is 72.9. The smallest absolute Gasteiger partial charge is 0.276 e. The molecule has 28 heteroatoms. The van der Waals surface area contributed by atoms with Gasteiger partial charge in [0, 0.05) is 103 Å². The predicted octanol–water partition coefficient (Wildman–Crippen LogP) is 10.3. The molecule has 0 aromatic carbocycles. The highest BCUT2D eigenvalue weighted by Crippen LogP contribution is 2.41. The van der Waals surface area contributed by atoms with Crippen molar-refractivity contribution < 1.29 is 33.4 Å². The van der Waals surface area contributed by atoms with Gasteiger partial charge < -0.3 is 63.5 Å². The van der Waals surface area contributed by atoms with Gasteiger partial charge in [-0.05, 0) is 192 Å². The molecule has 13 rings (SSSR count). The van der Waals surface area contributed by atoms with Crippen molar-refractivity contribution in [3.8, 4) is 11.1 Å². The third kappa shape index (κ3) is 17.1. The Hall–Kier alpha value is -8.67. The number of hydrogen-bond donors (Lipinski definition) is 3. The highest BCUT2D eigenvalue weighted by molar-refractivity contribution is 9.11. The summed E-state index contributed by atoms with van der Waals surface area (Å²) in [5.74, 6) is 1.83. The molecule has 0 spiro atoms. The average Bonchev–Trinajstić information content (AvgIpc) is 1.62. The second-order valence-corrected chi connectivity index (χ2v) is 29.7. The molecule has 8 aromatic heterocycles. The Morgan fingerprint density at radius 3 is 1.48 bits per heavy atom. The lowest BCUT2D eigenvalue weighted by molar-refractivity contribution is -0.0251. The van der Waals surface area contributed by atoms with Gasteiger partial charge in [0.05, 0.1) is 97.1 Å². The lowest BCUT2D eigenvalue weighted by atomic mass is 9.90. The van der Waals surface area contributed by atoms with Crippen LogP contribution in [0.1, 0.15) is 121 Å². The van der Waals surface area contributed by atoms with E-state index in [1.54, 1.807) is 101 Å². The summed E-state index contributed by atoms with van der Waals surface area (Å²) in [6.07, 6.45) is 14.2. The number of ether oxygens (including phenoxy) is 3.